The van der Waals surface area contributed by atoms with E-state index < -0.39 is 35.5 Å². The maximum absolute atomic E-state index is 13.6. The first-order valence-electron chi connectivity index (χ1n) is 14.0. The number of fused-ring (bicyclic) bond motifs is 1. The van der Waals surface area contributed by atoms with Gasteiger partial charge in [0.1, 0.15) is 12.3 Å². The summed E-state index contributed by atoms with van der Waals surface area (Å²) in [6.07, 6.45) is -2.42. The van der Waals surface area contributed by atoms with Gasteiger partial charge in [0.25, 0.3) is 0 Å². The van der Waals surface area contributed by atoms with Crippen molar-refractivity contribution in [3.8, 4) is 17.6 Å². The molecule has 4 rings (SSSR count). The lowest BCUT2D eigenvalue weighted by molar-refractivity contribution is -0.140. The molecule has 2 heterocycles. The highest BCUT2D eigenvalue weighted by molar-refractivity contribution is 7.90. The van der Waals surface area contributed by atoms with E-state index in [0.717, 1.165) is 36.8 Å². The fourth-order valence-electron chi connectivity index (χ4n) is 5.22. The Hall–Kier alpha value is -3.16. The molecule has 3 N–H and O–H groups in total. The Balaban J connectivity index is 0.00000552. The standard InChI is InChI=1S/C30H36F4N4O5S.H2S/c1-42-18-23(39)17-37-13-10-21(11-14-37)36-26-6-3-7-28-25(26)15-22(38(28)19-30(32,33)34)5-4-12-35-27-9-8-24(44(2,40)41)16-29(27)43-20-31;/h3,6-9,15-16,21,23,35-36,39H,10-14,17-20H2,1-2H3;1H2/t23-;/m0./s1. The summed E-state index contributed by atoms with van der Waals surface area (Å²) in [5, 5.41) is 17.0. The van der Waals surface area contributed by atoms with Gasteiger partial charge in [-0.3, -0.25) is 0 Å². The van der Waals surface area contributed by atoms with Crippen molar-refractivity contribution >= 4 is 45.6 Å². The Morgan fingerprint density at radius 1 is 1.13 bits per heavy atom. The predicted octanol–water partition coefficient (Wildman–Crippen LogP) is 4.37. The third-order valence-electron chi connectivity index (χ3n) is 7.23. The molecule has 1 aliphatic heterocycles. The number of aliphatic hydroxyl groups is 1. The quantitative estimate of drug-likeness (QED) is 0.192. The number of halogens is 4. The Kier molecular flexibility index (Phi) is 12.8. The van der Waals surface area contributed by atoms with Gasteiger partial charge in [0.15, 0.2) is 9.84 Å². The molecule has 0 aliphatic carbocycles. The Morgan fingerprint density at radius 3 is 2.51 bits per heavy atom. The van der Waals surface area contributed by atoms with Crippen LogP contribution in [0.2, 0.25) is 0 Å². The number of nitrogens with zero attached hydrogens (tertiary/aromatic N) is 2. The highest BCUT2D eigenvalue weighted by atomic mass is 32.2. The molecular weight excluding hydrogens is 636 g/mol. The first-order chi connectivity index (χ1) is 20.9. The van der Waals surface area contributed by atoms with E-state index >= 15 is 0 Å². The molecule has 1 saturated heterocycles. The lowest BCUT2D eigenvalue weighted by atomic mass is 10.0. The number of piperidine rings is 1. The van der Waals surface area contributed by atoms with E-state index in [1.54, 1.807) is 25.3 Å². The van der Waals surface area contributed by atoms with Crippen LogP contribution in [0, 0.1) is 11.8 Å². The summed E-state index contributed by atoms with van der Waals surface area (Å²) < 4.78 is 88.4. The second-order valence-corrected chi connectivity index (χ2v) is 12.7. The molecule has 1 fully saturated rings. The minimum atomic E-state index is -4.48. The van der Waals surface area contributed by atoms with E-state index in [4.69, 9.17) is 9.47 Å². The second-order valence-electron chi connectivity index (χ2n) is 10.6. The molecule has 9 nitrogen and oxygen atoms in total. The average Bonchev–Trinajstić information content (AvgIpc) is 3.29. The van der Waals surface area contributed by atoms with E-state index in [1.165, 1.54) is 18.2 Å². The van der Waals surface area contributed by atoms with E-state index in [2.05, 4.69) is 27.4 Å². The van der Waals surface area contributed by atoms with E-state index in [1.807, 2.05) is 6.07 Å². The summed E-state index contributed by atoms with van der Waals surface area (Å²) in [5.41, 5.74) is 1.55. The molecule has 1 aliphatic rings. The van der Waals surface area contributed by atoms with Gasteiger partial charge in [-0.2, -0.15) is 26.7 Å². The summed E-state index contributed by atoms with van der Waals surface area (Å²) in [6, 6.07) is 10.8. The lowest BCUT2D eigenvalue weighted by Crippen LogP contribution is -2.43. The predicted molar refractivity (Wildman–Crippen MR) is 171 cm³/mol. The maximum Gasteiger partial charge on any atom is 0.406 e. The number of aromatic nitrogens is 1. The van der Waals surface area contributed by atoms with Crippen molar-refractivity contribution in [2.75, 3.05) is 63.6 Å². The van der Waals surface area contributed by atoms with Gasteiger partial charge in [-0.05, 0) is 49.1 Å². The summed E-state index contributed by atoms with van der Waals surface area (Å²) in [7, 11) is -2.01. The molecule has 0 bridgehead atoms. The zero-order chi connectivity index (χ0) is 31.9. The van der Waals surface area contributed by atoms with Crippen molar-refractivity contribution in [1.29, 1.82) is 0 Å². The highest BCUT2D eigenvalue weighted by Gasteiger charge is 2.30. The van der Waals surface area contributed by atoms with Crippen LogP contribution in [0.3, 0.4) is 0 Å². The number of likely N-dealkylation sites (tertiary alicyclic amines) is 1. The van der Waals surface area contributed by atoms with Crippen LogP contribution >= 0.6 is 13.5 Å². The van der Waals surface area contributed by atoms with Gasteiger partial charge in [0, 0.05) is 56.2 Å². The number of benzene rings is 2. The molecule has 15 heteroatoms. The minimum absolute atomic E-state index is 0. The number of hydrogen-bond donors (Lipinski definition) is 3. The molecule has 0 amide bonds. The number of alkyl halides is 4. The fourth-order valence-corrected chi connectivity index (χ4v) is 5.85. The number of methoxy groups -OCH3 is 1. The smallest absolute Gasteiger partial charge is 0.406 e. The molecular formula is C30H38F4N4O5S2. The topological polar surface area (TPSA) is 105 Å². The lowest BCUT2D eigenvalue weighted by Gasteiger charge is -2.34. The fraction of sp³-hybridized carbons (Fsp3) is 0.467. The van der Waals surface area contributed by atoms with Gasteiger partial charge in [-0.25, -0.2) is 12.8 Å². The van der Waals surface area contributed by atoms with Gasteiger partial charge in [-0.1, -0.05) is 12.0 Å². The molecule has 1 aromatic heterocycles. The minimum Gasteiger partial charge on any atom is -0.461 e. The van der Waals surface area contributed by atoms with Crippen molar-refractivity contribution in [3.63, 3.8) is 0 Å². The summed E-state index contributed by atoms with van der Waals surface area (Å²) in [4.78, 5) is 2.11. The third-order valence-corrected chi connectivity index (χ3v) is 8.34. The van der Waals surface area contributed by atoms with Crippen LogP contribution in [-0.2, 0) is 21.1 Å². The molecule has 0 saturated carbocycles. The molecule has 1 atom stereocenters. The van der Waals surface area contributed by atoms with Gasteiger partial charge >= 0.3 is 6.18 Å². The van der Waals surface area contributed by atoms with Crippen LogP contribution in [0.4, 0.5) is 28.9 Å². The molecule has 248 valence electrons. The van der Waals surface area contributed by atoms with Crippen LogP contribution in [0.5, 0.6) is 5.75 Å². The zero-order valence-electron chi connectivity index (χ0n) is 25.0. The molecule has 0 radical (unpaired) electrons. The van der Waals surface area contributed by atoms with Crippen LogP contribution in [0.15, 0.2) is 47.4 Å². The van der Waals surface area contributed by atoms with Gasteiger partial charge in [0.2, 0.25) is 6.86 Å². The van der Waals surface area contributed by atoms with Crippen molar-refractivity contribution in [3.05, 3.63) is 48.2 Å². The number of aliphatic hydroxyl groups excluding tert-OH is 1. The first-order valence-corrected chi connectivity index (χ1v) is 15.9. The number of nitrogens with one attached hydrogen (secondary N) is 2. The van der Waals surface area contributed by atoms with Crippen molar-refractivity contribution in [2.45, 2.75) is 42.6 Å². The molecule has 0 unspecified atom stereocenters. The number of β-amino-alcohol motifs (C(OH)–C–C–N with tert-alkyl or cyclic N) is 1. The molecule has 2 aromatic carbocycles. The number of sulfone groups is 1. The number of hydrogen-bond acceptors (Lipinski definition) is 8. The molecule has 3 aromatic rings. The Labute approximate surface area is 267 Å². The van der Waals surface area contributed by atoms with Crippen LogP contribution in [0.1, 0.15) is 18.5 Å². The van der Waals surface area contributed by atoms with Crippen LogP contribution in [0.25, 0.3) is 10.9 Å². The van der Waals surface area contributed by atoms with Crippen molar-refractivity contribution in [2.24, 2.45) is 0 Å². The summed E-state index contributed by atoms with van der Waals surface area (Å²) >= 11 is 0. The number of rotatable bonds is 12. The summed E-state index contributed by atoms with van der Waals surface area (Å²) in [6.45, 7) is -0.117. The zero-order valence-corrected chi connectivity index (χ0v) is 26.8. The molecule has 0 spiro atoms. The van der Waals surface area contributed by atoms with E-state index in [-0.39, 0.29) is 54.7 Å². The van der Waals surface area contributed by atoms with Gasteiger partial charge < -0.3 is 34.7 Å². The first kappa shape index (κ1) is 36.3. The number of ether oxygens (including phenoxy) is 2. The Morgan fingerprint density at radius 2 is 1.87 bits per heavy atom. The van der Waals surface area contributed by atoms with Crippen LogP contribution < -0.4 is 15.4 Å². The van der Waals surface area contributed by atoms with E-state index in [9.17, 15) is 31.1 Å². The van der Waals surface area contributed by atoms with Crippen LogP contribution in [-0.4, -0.2) is 94.3 Å². The maximum atomic E-state index is 13.6. The highest BCUT2D eigenvalue weighted by Crippen LogP contribution is 2.32. The third kappa shape index (κ3) is 10.2. The van der Waals surface area contributed by atoms with Crippen molar-refractivity contribution in [1.82, 2.24) is 9.47 Å². The second kappa shape index (κ2) is 15.9. The van der Waals surface area contributed by atoms with Gasteiger partial charge in [-0.15, -0.1) is 0 Å². The normalized spacial score (nSPS) is 15.2. The van der Waals surface area contributed by atoms with E-state index in [0.29, 0.717) is 23.1 Å². The number of anilines is 2. The van der Waals surface area contributed by atoms with Gasteiger partial charge in [0.05, 0.1) is 41.0 Å². The molecule has 45 heavy (non-hydrogen) atoms. The Bertz CT molecular complexity index is 1600. The summed E-state index contributed by atoms with van der Waals surface area (Å²) in [5.74, 6) is 5.60. The monoisotopic (exact) mass is 674 g/mol. The SMILES string of the molecule is COC[C@@H](O)CN1CCC(Nc2cccc3c2cc(C#CCNc2ccc(S(C)(=O)=O)cc2OCF)n3CC(F)(F)F)CC1.S. The average molecular weight is 675 g/mol. The van der Waals surface area contributed by atoms with Crippen molar-refractivity contribution < 1.29 is 40.6 Å². The largest absolute Gasteiger partial charge is 0.461 e.